The number of aromatic amines is 1. The van der Waals surface area contributed by atoms with Gasteiger partial charge in [0.1, 0.15) is 11.4 Å². The number of anilines is 2. The van der Waals surface area contributed by atoms with E-state index in [9.17, 15) is 22.8 Å². The van der Waals surface area contributed by atoms with E-state index in [1.165, 1.54) is 55.9 Å². The molecule has 1 aromatic heterocycles. The smallest absolute Gasteiger partial charge is 0.272 e. The van der Waals surface area contributed by atoms with E-state index in [0.29, 0.717) is 28.8 Å². The number of amides is 2. The number of hydroxylamine groups is 1. The minimum atomic E-state index is -4.09. The minimum absolute atomic E-state index is 0.116. The number of ketones is 1. The third-order valence-corrected chi connectivity index (χ3v) is 7.01. The molecule has 3 rings (SSSR count). The van der Waals surface area contributed by atoms with Gasteiger partial charge in [-0.05, 0) is 67.8 Å². The molecule has 5 N–H and O–H groups in total. The largest absolute Gasteiger partial charge is 0.495 e. The van der Waals surface area contributed by atoms with E-state index in [1.54, 1.807) is 19.1 Å². The van der Waals surface area contributed by atoms with Crippen molar-refractivity contribution < 1.29 is 32.7 Å². The van der Waals surface area contributed by atoms with Crippen LogP contribution in [0.15, 0.2) is 53.4 Å². The van der Waals surface area contributed by atoms with E-state index in [1.807, 2.05) is 6.92 Å². The number of sulfonamides is 1. The number of carbonyl (C=O) groups is 3. The lowest BCUT2D eigenvalue weighted by Crippen LogP contribution is -2.17. The molecule has 0 bridgehead atoms. The normalized spacial score (nSPS) is 11.3. The van der Waals surface area contributed by atoms with Crippen molar-refractivity contribution in [1.29, 1.82) is 0 Å². The summed E-state index contributed by atoms with van der Waals surface area (Å²) in [4.78, 5) is 39.2. The molecule has 0 radical (unpaired) electrons. The fourth-order valence-corrected chi connectivity index (χ4v) is 5.04. The van der Waals surface area contributed by atoms with E-state index in [0.717, 1.165) is 6.08 Å². The molecule has 0 saturated carbocycles. The van der Waals surface area contributed by atoms with Crippen LogP contribution in [0.25, 0.3) is 6.08 Å². The van der Waals surface area contributed by atoms with Crippen LogP contribution in [-0.4, -0.2) is 43.3 Å². The SMILES string of the molecule is CCc1c(C(=O)Nc2cc(S(=O)(=O)Nc3cccc(/C=C/C(=O)NO)c3)ccc2OC)[nH]c(C)c1C(C)=O. The van der Waals surface area contributed by atoms with Crippen molar-refractivity contribution in [2.24, 2.45) is 0 Å². The van der Waals surface area contributed by atoms with Crippen molar-refractivity contribution in [2.45, 2.75) is 32.1 Å². The van der Waals surface area contributed by atoms with E-state index >= 15 is 0 Å². The Kier molecular flexibility index (Phi) is 8.71. The van der Waals surface area contributed by atoms with Gasteiger partial charge in [0.15, 0.2) is 5.78 Å². The Morgan fingerprint density at radius 1 is 1.13 bits per heavy atom. The predicted octanol–water partition coefficient (Wildman–Crippen LogP) is 3.67. The third-order valence-electron chi connectivity index (χ3n) is 5.63. The molecule has 12 heteroatoms. The van der Waals surface area contributed by atoms with Gasteiger partial charge in [-0.1, -0.05) is 19.1 Å². The molecule has 0 aliphatic heterocycles. The molecule has 0 unspecified atom stereocenters. The molecule has 0 saturated heterocycles. The first kappa shape index (κ1) is 28.2. The van der Waals surface area contributed by atoms with Gasteiger partial charge in [-0.15, -0.1) is 0 Å². The number of benzene rings is 2. The number of hydrogen-bond acceptors (Lipinski definition) is 7. The van der Waals surface area contributed by atoms with Gasteiger partial charge in [-0.3, -0.25) is 24.3 Å². The van der Waals surface area contributed by atoms with Crippen LogP contribution in [0.2, 0.25) is 0 Å². The first-order valence-corrected chi connectivity index (χ1v) is 13.0. The second kappa shape index (κ2) is 11.8. The van der Waals surface area contributed by atoms with Crippen molar-refractivity contribution in [3.8, 4) is 5.75 Å². The molecule has 2 amide bonds. The van der Waals surface area contributed by atoms with Gasteiger partial charge < -0.3 is 15.0 Å². The number of H-pyrrole nitrogens is 1. The number of nitrogens with one attached hydrogen (secondary N) is 4. The van der Waals surface area contributed by atoms with Gasteiger partial charge in [-0.2, -0.15) is 0 Å². The summed E-state index contributed by atoms with van der Waals surface area (Å²) >= 11 is 0. The molecule has 38 heavy (non-hydrogen) atoms. The lowest BCUT2D eigenvalue weighted by molar-refractivity contribution is -0.124. The summed E-state index contributed by atoms with van der Waals surface area (Å²) in [7, 11) is -2.71. The van der Waals surface area contributed by atoms with Crippen molar-refractivity contribution in [1.82, 2.24) is 10.5 Å². The van der Waals surface area contributed by atoms with Crippen molar-refractivity contribution >= 4 is 45.1 Å². The predicted molar refractivity (Wildman–Crippen MR) is 142 cm³/mol. The van der Waals surface area contributed by atoms with Gasteiger partial charge in [0.05, 0.1) is 17.7 Å². The van der Waals surface area contributed by atoms with E-state index in [4.69, 9.17) is 9.94 Å². The van der Waals surface area contributed by atoms with Crippen LogP contribution in [0.5, 0.6) is 5.75 Å². The summed E-state index contributed by atoms with van der Waals surface area (Å²) in [5, 5.41) is 11.3. The molecule has 0 spiro atoms. The second-order valence-corrected chi connectivity index (χ2v) is 9.93. The Balaban J connectivity index is 1.91. The summed E-state index contributed by atoms with van der Waals surface area (Å²) < 4.78 is 34.0. The number of ether oxygens (including phenoxy) is 1. The highest BCUT2D eigenvalue weighted by molar-refractivity contribution is 7.92. The molecular formula is C26H28N4O7S. The van der Waals surface area contributed by atoms with Crippen LogP contribution >= 0.6 is 0 Å². The van der Waals surface area contributed by atoms with E-state index in [-0.39, 0.29) is 33.5 Å². The van der Waals surface area contributed by atoms with Crippen molar-refractivity contribution in [3.63, 3.8) is 0 Å². The molecule has 3 aromatic rings. The highest BCUT2D eigenvalue weighted by atomic mass is 32.2. The average molecular weight is 541 g/mol. The number of carbonyl (C=O) groups excluding carboxylic acids is 3. The van der Waals surface area contributed by atoms with Crippen LogP contribution in [0.4, 0.5) is 11.4 Å². The zero-order chi connectivity index (χ0) is 28.0. The molecule has 0 aliphatic rings. The summed E-state index contributed by atoms with van der Waals surface area (Å²) in [5.74, 6) is -1.21. The summed E-state index contributed by atoms with van der Waals surface area (Å²) in [6.45, 7) is 4.97. The van der Waals surface area contributed by atoms with Gasteiger partial charge in [0.25, 0.3) is 21.8 Å². The molecule has 1 heterocycles. The number of hydrogen-bond donors (Lipinski definition) is 5. The maximum atomic E-state index is 13.1. The highest BCUT2D eigenvalue weighted by Gasteiger charge is 2.23. The first-order valence-electron chi connectivity index (χ1n) is 11.5. The van der Waals surface area contributed by atoms with Gasteiger partial charge in [-0.25, -0.2) is 13.9 Å². The quantitative estimate of drug-likeness (QED) is 0.113. The van der Waals surface area contributed by atoms with Crippen LogP contribution in [0.3, 0.4) is 0 Å². The van der Waals surface area contributed by atoms with Crippen LogP contribution in [0, 0.1) is 6.92 Å². The number of rotatable bonds is 10. The number of aromatic nitrogens is 1. The Morgan fingerprint density at radius 3 is 2.50 bits per heavy atom. The van der Waals surface area contributed by atoms with Gasteiger partial charge in [0, 0.05) is 23.0 Å². The van der Waals surface area contributed by atoms with Gasteiger partial charge >= 0.3 is 0 Å². The van der Waals surface area contributed by atoms with E-state index in [2.05, 4.69) is 15.0 Å². The molecule has 200 valence electrons. The Morgan fingerprint density at radius 2 is 1.87 bits per heavy atom. The van der Waals surface area contributed by atoms with Crippen LogP contribution in [0.1, 0.15) is 51.5 Å². The Bertz CT molecular complexity index is 1520. The maximum absolute atomic E-state index is 13.1. The molecule has 0 fully saturated rings. The molecule has 2 aromatic carbocycles. The number of methoxy groups -OCH3 is 1. The average Bonchev–Trinajstić information content (AvgIpc) is 3.23. The van der Waals surface area contributed by atoms with Crippen molar-refractivity contribution in [3.05, 3.63) is 76.6 Å². The maximum Gasteiger partial charge on any atom is 0.272 e. The van der Waals surface area contributed by atoms with Crippen LogP contribution < -0.4 is 20.3 Å². The summed E-state index contributed by atoms with van der Waals surface area (Å²) in [5.41, 5.74) is 4.13. The minimum Gasteiger partial charge on any atom is -0.495 e. The van der Waals surface area contributed by atoms with Gasteiger partial charge in [0.2, 0.25) is 0 Å². The first-order chi connectivity index (χ1) is 18.0. The lowest BCUT2D eigenvalue weighted by atomic mass is 10.0. The fourth-order valence-electron chi connectivity index (χ4n) is 3.97. The molecule has 11 nitrogen and oxygen atoms in total. The highest BCUT2D eigenvalue weighted by Crippen LogP contribution is 2.30. The monoisotopic (exact) mass is 540 g/mol. The van der Waals surface area contributed by atoms with Crippen molar-refractivity contribution in [2.75, 3.05) is 17.1 Å². The van der Waals surface area contributed by atoms with E-state index < -0.39 is 21.8 Å². The topological polar surface area (TPSA) is 167 Å². The fraction of sp³-hybridized carbons (Fsp3) is 0.192. The number of Topliss-reactive ketones (excluding diaryl/α,β-unsaturated/α-hetero) is 1. The number of aryl methyl sites for hydroxylation is 1. The van der Waals surface area contributed by atoms with Crippen LogP contribution in [-0.2, 0) is 21.2 Å². The molecular weight excluding hydrogens is 512 g/mol. The second-order valence-electron chi connectivity index (χ2n) is 8.24. The molecule has 0 atom stereocenters. The standard InChI is InChI=1S/C26H28N4O7S/c1-5-20-24(16(3)31)15(2)27-25(20)26(33)28-21-14-19(10-11-22(21)37-4)38(35,36)30-18-8-6-7-17(13-18)9-12-23(32)29-34/h6-14,27,30,34H,5H2,1-4H3,(H,28,33)(H,29,32)/b12-9+. The Hall–Kier alpha value is -4.42. The Labute approximate surface area is 219 Å². The lowest BCUT2D eigenvalue weighted by Gasteiger charge is -2.14. The zero-order valence-electron chi connectivity index (χ0n) is 21.2. The third kappa shape index (κ3) is 6.28. The summed E-state index contributed by atoms with van der Waals surface area (Å²) in [6, 6.07) is 10.3. The molecule has 0 aliphatic carbocycles. The summed E-state index contributed by atoms with van der Waals surface area (Å²) in [6.07, 6.45) is 2.92. The zero-order valence-corrected chi connectivity index (χ0v) is 22.0.